The van der Waals surface area contributed by atoms with Gasteiger partial charge in [-0.25, -0.2) is 4.39 Å². The predicted octanol–water partition coefficient (Wildman–Crippen LogP) is 3.11. The summed E-state index contributed by atoms with van der Waals surface area (Å²) in [5.74, 6) is 0.195. The van der Waals surface area contributed by atoms with Crippen LogP contribution in [0.3, 0.4) is 0 Å². The molecular weight excluding hydrogens is 289 g/mol. The van der Waals surface area contributed by atoms with Crippen LogP contribution in [0.4, 0.5) is 10.1 Å². The SMILES string of the molecule is CC(=O)SCC1CC(=O)N(c2cc(F)ccc2Cl)C1. The highest BCUT2D eigenvalue weighted by atomic mass is 35.5. The van der Waals surface area contributed by atoms with Crippen molar-refractivity contribution >= 4 is 40.1 Å². The number of anilines is 1. The maximum Gasteiger partial charge on any atom is 0.227 e. The van der Waals surface area contributed by atoms with Gasteiger partial charge in [-0.15, -0.1) is 0 Å². The Bertz CT molecular complexity index is 523. The first-order valence-electron chi connectivity index (χ1n) is 5.86. The van der Waals surface area contributed by atoms with E-state index in [2.05, 4.69) is 0 Å². The normalized spacial score (nSPS) is 19.0. The zero-order valence-electron chi connectivity index (χ0n) is 10.4. The van der Waals surface area contributed by atoms with Crippen LogP contribution in [0.15, 0.2) is 18.2 Å². The van der Waals surface area contributed by atoms with Gasteiger partial charge in [-0.05, 0) is 24.1 Å². The van der Waals surface area contributed by atoms with Crippen LogP contribution in [0.1, 0.15) is 13.3 Å². The summed E-state index contributed by atoms with van der Waals surface area (Å²) in [6.45, 7) is 1.98. The minimum Gasteiger partial charge on any atom is -0.311 e. The number of hydrogen-bond donors (Lipinski definition) is 0. The molecule has 0 saturated carbocycles. The van der Waals surface area contributed by atoms with Crippen LogP contribution in [0.2, 0.25) is 5.02 Å². The second kappa shape index (κ2) is 5.92. The van der Waals surface area contributed by atoms with Crippen molar-refractivity contribution in [2.24, 2.45) is 5.92 Å². The Morgan fingerprint density at radius 1 is 1.58 bits per heavy atom. The molecule has 0 spiro atoms. The number of carbonyl (C=O) groups is 2. The van der Waals surface area contributed by atoms with E-state index in [1.807, 2.05) is 0 Å². The maximum absolute atomic E-state index is 13.2. The van der Waals surface area contributed by atoms with Crippen LogP contribution in [0.25, 0.3) is 0 Å². The number of nitrogens with zero attached hydrogens (tertiary/aromatic N) is 1. The van der Waals surface area contributed by atoms with E-state index in [1.165, 1.54) is 41.8 Å². The van der Waals surface area contributed by atoms with E-state index in [0.29, 0.717) is 29.4 Å². The highest BCUT2D eigenvalue weighted by Crippen LogP contribution is 2.32. The number of carbonyl (C=O) groups excluding carboxylic acids is 2. The van der Waals surface area contributed by atoms with Crippen LogP contribution in [-0.4, -0.2) is 23.3 Å². The molecule has 1 heterocycles. The quantitative estimate of drug-likeness (QED) is 0.861. The van der Waals surface area contributed by atoms with Crippen LogP contribution in [-0.2, 0) is 9.59 Å². The Morgan fingerprint density at radius 2 is 2.32 bits per heavy atom. The third-order valence-corrected chi connectivity index (χ3v) is 4.29. The molecule has 1 atom stereocenters. The predicted molar refractivity (Wildman–Crippen MR) is 75.0 cm³/mol. The summed E-state index contributed by atoms with van der Waals surface area (Å²) in [5.41, 5.74) is 0.405. The highest BCUT2D eigenvalue weighted by molar-refractivity contribution is 8.13. The van der Waals surface area contributed by atoms with Gasteiger partial charge in [0.15, 0.2) is 5.12 Å². The molecule has 3 nitrogen and oxygen atoms in total. The van der Waals surface area contributed by atoms with E-state index in [1.54, 1.807) is 0 Å². The molecule has 1 fully saturated rings. The van der Waals surface area contributed by atoms with Crippen molar-refractivity contribution in [1.82, 2.24) is 0 Å². The van der Waals surface area contributed by atoms with Gasteiger partial charge in [0.1, 0.15) is 5.82 Å². The standard InChI is InChI=1S/C13H13ClFNO2S/c1-8(17)19-7-9-4-13(18)16(6-9)12-5-10(15)2-3-11(12)14/h2-3,5,9H,4,6-7H2,1H3. The van der Waals surface area contributed by atoms with Gasteiger partial charge in [-0.2, -0.15) is 0 Å². The van der Waals surface area contributed by atoms with Crippen LogP contribution in [0.5, 0.6) is 0 Å². The molecule has 1 amide bonds. The molecule has 6 heteroatoms. The average Bonchev–Trinajstić information content (AvgIpc) is 2.71. The van der Waals surface area contributed by atoms with Crippen LogP contribution >= 0.6 is 23.4 Å². The van der Waals surface area contributed by atoms with Crippen molar-refractivity contribution in [3.8, 4) is 0 Å². The van der Waals surface area contributed by atoms with Crippen molar-refractivity contribution < 1.29 is 14.0 Å². The van der Waals surface area contributed by atoms with Gasteiger partial charge in [-0.1, -0.05) is 23.4 Å². The average molecular weight is 302 g/mol. The maximum atomic E-state index is 13.2. The van der Waals surface area contributed by atoms with Gasteiger partial charge in [-0.3, -0.25) is 9.59 Å². The fraction of sp³-hybridized carbons (Fsp3) is 0.385. The third-order valence-electron chi connectivity index (χ3n) is 2.93. The molecule has 1 aromatic rings. The molecule has 0 aromatic heterocycles. The van der Waals surface area contributed by atoms with Crippen molar-refractivity contribution in [3.63, 3.8) is 0 Å². The first kappa shape index (κ1) is 14.3. The molecule has 1 aliphatic rings. The lowest BCUT2D eigenvalue weighted by Crippen LogP contribution is -2.25. The van der Waals surface area contributed by atoms with E-state index < -0.39 is 5.82 Å². The molecular formula is C13H13ClFNO2S. The molecule has 19 heavy (non-hydrogen) atoms. The minimum absolute atomic E-state index is 0.0367. The number of amides is 1. The lowest BCUT2D eigenvalue weighted by atomic mass is 10.1. The smallest absolute Gasteiger partial charge is 0.227 e. The Morgan fingerprint density at radius 3 is 3.00 bits per heavy atom. The van der Waals surface area contributed by atoms with Crippen LogP contribution in [0, 0.1) is 11.7 Å². The van der Waals surface area contributed by atoms with Crippen molar-refractivity contribution in [2.75, 3.05) is 17.2 Å². The van der Waals surface area contributed by atoms with Gasteiger partial charge >= 0.3 is 0 Å². The molecule has 1 saturated heterocycles. The molecule has 0 N–H and O–H groups in total. The van der Waals surface area contributed by atoms with Gasteiger partial charge in [0.05, 0.1) is 10.7 Å². The van der Waals surface area contributed by atoms with E-state index >= 15 is 0 Å². The second-order valence-corrected chi connectivity index (χ2v) is 6.08. The van der Waals surface area contributed by atoms with E-state index in [9.17, 15) is 14.0 Å². The van der Waals surface area contributed by atoms with Crippen molar-refractivity contribution in [1.29, 1.82) is 0 Å². The summed E-state index contributed by atoms with van der Waals surface area (Å²) in [6, 6.07) is 3.97. The van der Waals surface area contributed by atoms with E-state index in [-0.39, 0.29) is 16.9 Å². The molecule has 1 unspecified atom stereocenters. The molecule has 102 valence electrons. The molecule has 2 rings (SSSR count). The van der Waals surface area contributed by atoms with Gasteiger partial charge < -0.3 is 4.90 Å². The molecule has 0 radical (unpaired) electrons. The Hall–Kier alpha value is -1.07. The Kier molecular flexibility index (Phi) is 4.47. The zero-order chi connectivity index (χ0) is 14.0. The van der Waals surface area contributed by atoms with E-state index in [0.717, 1.165) is 0 Å². The summed E-state index contributed by atoms with van der Waals surface area (Å²) in [4.78, 5) is 24.4. The number of hydrogen-bond acceptors (Lipinski definition) is 3. The molecule has 1 aliphatic heterocycles. The number of benzene rings is 1. The Labute approximate surface area is 120 Å². The fourth-order valence-electron chi connectivity index (χ4n) is 2.05. The Balaban J connectivity index is 2.11. The lowest BCUT2D eigenvalue weighted by molar-refractivity contribution is -0.117. The number of rotatable bonds is 3. The molecule has 1 aromatic carbocycles. The van der Waals surface area contributed by atoms with Crippen molar-refractivity contribution in [2.45, 2.75) is 13.3 Å². The van der Waals surface area contributed by atoms with E-state index in [4.69, 9.17) is 11.6 Å². The monoisotopic (exact) mass is 301 g/mol. The highest BCUT2D eigenvalue weighted by Gasteiger charge is 2.31. The van der Waals surface area contributed by atoms with Crippen molar-refractivity contribution in [3.05, 3.63) is 29.0 Å². The number of thioether (sulfide) groups is 1. The van der Waals surface area contributed by atoms with Gasteiger partial charge in [0, 0.05) is 25.6 Å². The molecule has 0 bridgehead atoms. The first-order chi connectivity index (χ1) is 8.97. The molecule has 0 aliphatic carbocycles. The largest absolute Gasteiger partial charge is 0.311 e. The summed E-state index contributed by atoms with van der Waals surface area (Å²) in [6.07, 6.45) is 0.368. The van der Waals surface area contributed by atoms with Gasteiger partial charge in [0.25, 0.3) is 0 Å². The summed E-state index contributed by atoms with van der Waals surface area (Å²) >= 11 is 7.21. The van der Waals surface area contributed by atoms with Crippen LogP contribution < -0.4 is 4.90 Å². The minimum atomic E-state index is -0.422. The first-order valence-corrected chi connectivity index (χ1v) is 7.22. The summed E-state index contributed by atoms with van der Waals surface area (Å²) in [7, 11) is 0. The summed E-state index contributed by atoms with van der Waals surface area (Å²) in [5, 5.41) is 0.393. The fourth-order valence-corrected chi connectivity index (χ4v) is 2.97. The van der Waals surface area contributed by atoms with Gasteiger partial charge in [0.2, 0.25) is 5.91 Å². The second-order valence-electron chi connectivity index (χ2n) is 4.47. The summed E-state index contributed by atoms with van der Waals surface area (Å²) < 4.78 is 13.2. The number of halogens is 2. The topological polar surface area (TPSA) is 37.4 Å². The zero-order valence-corrected chi connectivity index (χ0v) is 11.9. The lowest BCUT2D eigenvalue weighted by Gasteiger charge is -2.18. The third kappa shape index (κ3) is 3.48.